The van der Waals surface area contributed by atoms with Gasteiger partial charge in [-0.2, -0.15) is 0 Å². The minimum atomic E-state index is -0.933. The molecule has 0 aliphatic carbocycles. The van der Waals surface area contributed by atoms with E-state index in [1.807, 2.05) is 6.92 Å². The van der Waals surface area contributed by atoms with Crippen molar-refractivity contribution >= 4 is 23.1 Å². The Morgan fingerprint density at radius 2 is 1.88 bits per heavy atom. The molecule has 1 amide bonds. The third-order valence-electron chi connectivity index (χ3n) is 5.09. The van der Waals surface area contributed by atoms with Crippen molar-refractivity contribution < 1.29 is 34.2 Å². The van der Waals surface area contributed by atoms with Crippen LogP contribution < -0.4 is 4.74 Å². The van der Waals surface area contributed by atoms with Crippen LogP contribution in [0.5, 0.6) is 5.75 Å². The first kappa shape index (κ1) is 23.9. The summed E-state index contributed by atoms with van der Waals surface area (Å²) in [6.07, 6.45) is 0. The first-order chi connectivity index (χ1) is 15.9. The van der Waals surface area contributed by atoms with Gasteiger partial charge in [0, 0.05) is 24.2 Å². The number of ether oxygens (including phenoxy) is 2. The quantitative estimate of drug-likeness (QED) is 0.139. The summed E-state index contributed by atoms with van der Waals surface area (Å²) < 4.78 is 10.7. The van der Waals surface area contributed by atoms with Gasteiger partial charge in [-0.3, -0.25) is 19.7 Å². The highest BCUT2D eigenvalue weighted by molar-refractivity contribution is 6.46. The number of hydrogen-bond donors (Lipinski definition) is 2. The average molecular weight is 456 g/mol. The number of benzene rings is 2. The Labute approximate surface area is 189 Å². The first-order valence-corrected chi connectivity index (χ1v) is 10.3. The Morgan fingerprint density at radius 3 is 2.52 bits per heavy atom. The van der Waals surface area contributed by atoms with Crippen LogP contribution in [0.1, 0.15) is 24.1 Å². The van der Waals surface area contributed by atoms with Crippen molar-refractivity contribution in [2.75, 3.05) is 33.0 Å². The van der Waals surface area contributed by atoms with Crippen LogP contribution in [-0.2, 0) is 14.3 Å². The van der Waals surface area contributed by atoms with Gasteiger partial charge in [-0.25, -0.2) is 0 Å². The van der Waals surface area contributed by atoms with Crippen LogP contribution in [0.4, 0.5) is 5.69 Å². The maximum Gasteiger partial charge on any atom is 0.295 e. The molecule has 3 rings (SSSR count). The van der Waals surface area contributed by atoms with Crippen molar-refractivity contribution in [3.8, 4) is 5.75 Å². The molecule has 2 aromatic rings. The van der Waals surface area contributed by atoms with Crippen LogP contribution in [0.2, 0.25) is 0 Å². The highest BCUT2D eigenvalue weighted by atomic mass is 16.6. The topological polar surface area (TPSA) is 139 Å². The lowest BCUT2D eigenvalue weighted by Gasteiger charge is -2.25. The number of nitrogens with zero attached hydrogens (tertiary/aromatic N) is 2. The summed E-state index contributed by atoms with van der Waals surface area (Å²) in [6.45, 7) is 2.30. The molecule has 10 nitrogen and oxygen atoms in total. The predicted octanol–water partition coefficient (Wildman–Crippen LogP) is 2.42. The lowest BCUT2D eigenvalue weighted by atomic mass is 9.95. The number of likely N-dealkylation sites (tertiary alicyclic amines) is 1. The lowest BCUT2D eigenvalue weighted by Crippen LogP contribution is -2.33. The fourth-order valence-corrected chi connectivity index (χ4v) is 3.62. The zero-order chi connectivity index (χ0) is 24.0. The van der Waals surface area contributed by atoms with Gasteiger partial charge < -0.3 is 24.6 Å². The van der Waals surface area contributed by atoms with Gasteiger partial charge >= 0.3 is 0 Å². The number of non-ortho nitro benzene ring substituents is 1. The molecule has 0 radical (unpaired) electrons. The fraction of sp³-hybridized carbons (Fsp3) is 0.304. The van der Waals surface area contributed by atoms with Gasteiger partial charge in [0.2, 0.25) is 0 Å². The van der Waals surface area contributed by atoms with Gasteiger partial charge in [0.1, 0.15) is 11.5 Å². The van der Waals surface area contributed by atoms with Gasteiger partial charge in [0.05, 0.1) is 43.0 Å². The number of nitro groups is 1. The molecular weight excluding hydrogens is 432 g/mol. The first-order valence-electron chi connectivity index (χ1n) is 10.3. The van der Waals surface area contributed by atoms with Crippen molar-refractivity contribution in [2.45, 2.75) is 13.0 Å². The van der Waals surface area contributed by atoms with Gasteiger partial charge in [-0.05, 0) is 24.6 Å². The molecule has 1 aliphatic rings. The predicted molar refractivity (Wildman–Crippen MR) is 118 cm³/mol. The zero-order valence-electron chi connectivity index (χ0n) is 18.0. The molecule has 0 spiro atoms. The van der Waals surface area contributed by atoms with E-state index in [0.29, 0.717) is 17.9 Å². The van der Waals surface area contributed by atoms with Crippen molar-refractivity contribution in [3.05, 3.63) is 75.3 Å². The number of Topliss-reactive ketones (excluding diaryl/α,β-unsaturated/α-hetero) is 1. The molecule has 0 bridgehead atoms. The second-order valence-electron chi connectivity index (χ2n) is 7.14. The standard InChI is InChI=1S/C23H24N2O8/c1-2-33-18-8-6-15(7-9-18)20-19(21(27)16-4-3-5-17(14-16)25(30)31)22(28)23(29)24(20)10-12-32-13-11-26/h3-9,14,20,26-27H,2,10-13H2,1H3. The molecule has 0 aromatic heterocycles. The van der Waals surface area contributed by atoms with Crippen LogP contribution in [0.25, 0.3) is 5.76 Å². The number of ketones is 1. The summed E-state index contributed by atoms with van der Waals surface area (Å²) in [4.78, 5) is 37.6. The highest BCUT2D eigenvalue weighted by Crippen LogP contribution is 2.40. The lowest BCUT2D eigenvalue weighted by molar-refractivity contribution is -0.384. The van der Waals surface area contributed by atoms with E-state index in [1.54, 1.807) is 24.3 Å². The van der Waals surface area contributed by atoms with Gasteiger partial charge in [-0.15, -0.1) is 0 Å². The number of hydrogen-bond acceptors (Lipinski definition) is 8. The summed E-state index contributed by atoms with van der Waals surface area (Å²) in [5.74, 6) is -1.63. The number of aliphatic hydroxyl groups is 2. The van der Waals surface area contributed by atoms with Crippen LogP contribution in [0, 0.1) is 10.1 Å². The second-order valence-corrected chi connectivity index (χ2v) is 7.14. The molecule has 1 aliphatic heterocycles. The highest BCUT2D eigenvalue weighted by Gasteiger charge is 2.46. The number of carbonyl (C=O) groups excluding carboxylic acids is 2. The summed E-state index contributed by atoms with van der Waals surface area (Å²) >= 11 is 0. The van der Waals surface area contributed by atoms with E-state index in [4.69, 9.17) is 14.6 Å². The minimum absolute atomic E-state index is 0.0359. The monoisotopic (exact) mass is 456 g/mol. The van der Waals surface area contributed by atoms with E-state index < -0.39 is 28.4 Å². The van der Waals surface area contributed by atoms with E-state index in [1.165, 1.54) is 23.1 Å². The third-order valence-corrected chi connectivity index (χ3v) is 5.09. The van der Waals surface area contributed by atoms with Crippen molar-refractivity contribution in [2.24, 2.45) is 0 Å². The van der Waals surface area contributed by atoms with Crippen LogP contribution in [0.3, 0.4) is 0 Å². The third kappa shape index (κ3) is 5.18. The van der Waals surface area contributed by atoms with E-state index in [0.717, 1.165) is 6.07 Å². The Balaban J connectivity index is 2.08. The Kier molecular flexibility index (Phi) is 7.75. The SMILES string of the molecule is CCOc1ccc(C2C(=C(O)c3cccc([N+](=O)[O-])c3)C(=O)C(=O)N2CCOCCO)cc1. The fourth-order valence-electron chi connectivity index (χ4n) is 3.62. The minimum Gasteiger partial charge on any atom is -0.507 e. The largest absolute Gasteiger partial charge is 0.507 e. The molecule has 1 unspecified atom stereocenters. The molecule has 33 heavy (non-hydrogen) atoms. The normalized spacial score (nSPS) is 17.4. The number of aliphatic hydroxyl groups excluding tert-OH is 2. The van der Waals surface area contributed by atoms with E-state index in [9.17, 15) is 24.8 Å². The molecule has 2 aromatic carbocycles. The van der Waals surface area contributed by atoms with E-state index >= 15 is 0 Å². The molecule has 2 N–H and O–H groups in total. The molecule has 1 heterocycles. The van der Waals surface area contributed by atoms with Crippen molar-refractivity contribution in [1.29, 1.82) is 0 Å². The number of carbonyl (C=O) groups is 2. The maximum atomic E-state index is 12.9. The number of rotatable bonds is 10. The summed E-state index contributed by atoms with van der Waals surface area (Å²) in [5, 5.41) is 31.0. The maximum absolute atomic E-state index is 12.9. The molecule has 1 fully saturated rings. The van der Waals surface area contributed by atoms with Crippen LogP contribution in [-0.4, -0.2) is 64.7 Å². The Hall–Kier alpha value is -3.76. The molecule has 0 saturated carbocycles. The zero-order valence-corrected chi connectivity index (χ0v) is 18.0. The molecule has 1 atom stereocenters. The Morgan fingerprint density at radius 1 is 1.15 bits per heavy atom. The van der Waals surface area contributed by atoms with Gasteiger partial charge in [0.15, 0.2) is 0 Å². The number of amides is 1. The molecule has 1 saturated heterocycles. The Bertz CT molecular complexity index is 1060. The summed E-state index contributed by atoms with van der Waals surface area (Å²) in [5.41, 5.74) is 0.163. The summed E-state index contributed by atoms with van der Waals surface area (Å²) in [6, 6.07) is 11.0. The van der Waals surface area contributed by atoms with Crippen molar-refractivity contribution in [1.82, 2.24) is 4.90 Å². The van der Waals surface area contributed by atoms with Crippen LogP contribution in [0.15, 0.2) is 54.1 Å². The van der Waals surface area contributed by atoms with Crippen molar-refractivity contribution in [3.63, 3.8) is 0 Å². The second kappa shape index (κ2) is 10.7. The molecular formula is C23H24N2O8. The van der Waals surface area contributed by atoms with Crippen LogP contribution >= 0.6 is 0 Å². The van der Waals surface area contributed by atoms with E-state index in [2.05, 4.69) is 0 Å². The average Bonchev–Trinajstić information content (AvgIpc) is 3.07. The smallest absolute Gasteiger partial charge is 0.295 e. The molecule has 174 valence electrons. The summed E-state index contributed by atoms with van der Waals surface area (Å²) in [7, 11) is 0. The van der Waals surface area contributed by atoms with Gasteiger partial charge in [0.25, 0.3) is 17.4 Å². The molecule has 10 heteroatoms. The van der Waals surface area contributed by atoms with Gasteiger partial charge in [-0.1, -0.05) is 24.3 Å². The number of nitro benzene ring substituents is 1. The van der Waals surface area contributed by atoms with E-state index in [-0.39, 0.29) is 43.2 Å².